The molecule has 1 aliphatic carbocycles. The topological polar surface area (TPSA) is 20.2 Å². The number of rotatable bonds is 1. The third-order valence-corrected chi connectivity index (χ3v) is 3.72. The van der Waals surface area contributed by atoms with Gasteiger partial charge in [0.15, 0.2) is 0 Å². The fourth-order valence-corrected chi connectivity index (χ4v) is 2.64. The summed E-state index contributed by atoms with van der Waals surface area (Å²) in [6.07, 6.45) is 1.37. The van der Waals surface area contributed by atoms with E-state index in [9.17, 15) is 9.50 Å². The van der Waals surface area contributed by atoms with Gasteiger partial charge in [-0.3, -0.25) is 0 Å². The van der Waals surface area contributed by atoms with E-state index < -0.39 is 0 Å². The van der Waals surface area contributed by atoms with Crippen LogP contribution in [0.5, 0.6) is 0 Å². The average molecular weight is 229 g/mol. The van der Waals surface area contributed by atoms with Gasteiger partial charge in [0.2, 0.25) is 0 Å². The molecule has 1 nitrogen and oxygen atoms in total. The minimum Gasteiger partial charge on any atom is -0.393 e. The van der Waals surface area contributed by atoms with Crippen molar-refractivity contribution >= 4 is 11.6 Å². The largest absolute Gasteiger partial charge is 0.393 e. The number of hydrogen-bond donors (Lipinski definition) is 1. The summed E-state index contributed by atoms with van der Waals surface area (Å²) in [5.74, 6) is 0.0792. The molecule has 3 heteroatoms. The zero-order valence-electron chi connectivity index (χ0n) is 8.58. The molecule has 1 aromatic carbocycles. The van der Waals surface area contributed by atoms with Gasteiger partial charge in [0.25, 0.3) is 0 Å². The van der Waals surface area contributed by atoms with Crippen molar-refractivity contribution in [3.63, 3.8) is 0 Å². The van der Waals surface area contributed by atoms with Gasteiger partial charge in [-0.2, -0.15) is 0 Å². The maximum atomic E-state index is 13.1. The van der Waals surface area contributed by atoms with Crippen LogP contribution < -0.4 is 0 Å². The molecule has 1 saturated carbocycles. The lowest BCUT2D eigenvalue weighted by molar-refractivity contribution is 0.136. The Bertz CT molecular complexity index is 367. The highest BCUT2D eigenvalue weighted by molar-refractivity contribution is 6.31. The van der Waals surface area contributed by atoms with E-state index in [-0.39, 0.29) is 23.8 Å². The highest BCUT2D eigenvalue weighted by Gasteiger charge is 2.33. The van der Waals surface area contributed by atoms with Crippen molar-refractivity contribution in [2.24, 2.45) is 5.92 Å². The molecule has 0 bridgehead atoms. The zero-order chi connectivity index (χ0) is 11.0. The van der Waals surface area contributed by atoms with E-state index >= 15 is 0 Å². The van der Waals surface area contributed by atoms with Gasteiger partial charge in [-0.15, -0.1) is 0 Å². The summed E-state index contributed by atoms with van der Waals surface area (Å²) < 4.78 is 13.1. The molecule has 0 heterocycles. The van der Waals surface area contributed by atoms with Crippen LogP contribution in [0.1, 0.15) is 31.2 Å². The minimum absolute atomic E-state index is 0.157. The van der Waals surface area contributed by atoms with E-state index in [1.54, 1.807) is 6.07 Å². The first-order valence-electron chi connectivity index (χ1n) is 5.22. The Hall–Kier alpha value is -0.600. The van der Waals surface area contributed by atoms with Crippen LogP contribution in [0.2, 0.25) is 5.02 Å². The van der Waals surface area contributed by atoms with Gasteiger partial charge in [0, 0.05) is 5.02 Å². The molecule has 1 fully saturated rings. The SMILES string of the molecule is CC1C(O)CCC1c1cc(F)ccc1Cl. The van der Waals surface area contributed by atoms with E-state index in [0.717, 1.165) is 18.4 Å². The van der Waals surface area contributed by atoms with E-state index in [1.807, 2.05) is 6.92 Å². The molecule has 0 spiro atoms. The summed E-state index contributed by atoms with van der Waals surface area (Å²) in [6.45, 7) is 1.99. The summed E-state index contributed by atoms with van der Waals surface area (Å²) in [5, 5.41) is 10.3. The standard InChI is InChI=1S/C12H14ClFO/c1-7-9(3-5-12(7)15)10-6-8(14)2-4-11(10)13/h2,4,6-7,9,12,15H,3,5H2,1H3. The molecule has 3 atom stereocenters. The zero-order valence-corrected chi connectivity index (χ0v) is 9.34. The lowest BCUT2D eigenvalue weighted by atomic mass is 9.89. The van der Waals surface area contributed by atoms with Crippen molar-refractivity contribution in [1.82, 2.24) is 0 Å². The molecule has 0 saturated heterocycles. The van der Waals surface area contributed by atoms with Gasteiger partial charge in [0.1, 0.15) is 5.82 Å². The van der Waals surface area contributed by atoms with Gasteiger partial charge >= 0.3 is 0 Å². The predicted molar refractivity (Wildman–Crippen MR) is 58.6 cm³/mol. The molecule has 1 N–H and O–H groups in total. The average Bonchev–Trinajstić information content (AvgIpc) is 2.52. The van der Waals surface area contributed by atoms with E-state index in [2.05, 4.69) is 0 Å². The molecule has 1 aliphatic rings. The van der Waals surface area contributed by atoms with Crippen LogP contribution in [-0.2, 0) is 0 Å². The quantitative estimate of drug-likeness (QED) is 0.782. The molecular formula is C12H14ClFO. The first kappa shape index (κ1) is 10.9. The fourth-order valence-electron chi connectivity index (χ4n) is 2.38. The van der Waals surface area contributed by atoms with Crippen LogP contribution in [0.3, 0.4) is 0 Å². The van der Waals surface area contributed by atoms with E-state index in [4.69, 9.17) is 11.6 Å². The molecule has 0 aliphatic heterocycles. The van der Waals surface area contributed by atoms with Crippen molar-refractivity contribution < 1.29 is 9.50 Å². The summed E-state index contributed by atoms with van der Waals surface area (Å²) in [5.41, 5.74) is 0.834. The molecule has 0 amide bonds. The Kier molecular flexibility index (Phi) is 2.98. The van der Waals surface area contributed by atoms with Gasteiger partial charge in [0.05, 0.1) is 6.10 Å². The van der Waals surface area contributed by atoms with Gasteiger partial charge in [-0.05, 0) is 48.4 Å². The van der Waals surface area contributed by atoms with E-state index in [1.165, 1.54) is 12.1 Å². The van der Waals surface area contributed by atoms with Crippen LogP contribution >= 0.6 is 11.6 Å². The van der Waals surface area contributed by atoms with Crippen molar-refractivity contribution in [2.45, 2.75) is 31.8 Å². The van der Waals surface area contributed by atoms with Gasteiger partial charge < -0.3 is 5.11 Å². The molecule has 1 aromatic rings. The molecular weight excluding hydrogens is 215 g/mol. The van der Waals surface area contributed by atoms with Crippen molar-refractivity contribution in [3.8, 4) is 0 Å². The van der Waals surface area contributed by atoms with Crippen molar-refractivity contribution in [3.05, 3.63) is 34.6 Å². The fraction of sp³-hybridized carbons (Fsp3) is 0.500. The van der Waals surface area contributed by atoms with Crippen LogP contribution in [-0.4, -0.2) is 11.2 Å². The smallest absolute Gasteiger partial charge is 0.123 e. The summed E-state index contributed by atoms with van der Waals surface area (Å²) >= 11 is 6.04. The Morgan fingerprint density at radius 1 is 1.40 bits per heavy atom. The van der Waals surface area contributed by atoms with Gasteiger partial charge in [-0.25, -0.2) is 4.39 Å². The molecule has 0 aromatic heterocycles. The van der Waals surface area contributed by atoms with Crippen molar-refractivity contribution in [1.29, 1.82) is 0 Å². The number of aliphatic hydroxyl groups excluding tert-OH is 1. The summed E-state index contributed by atoms with van der Waals surface area (Å²) in [4.78, 5) is 0. The number of benzene rings is 1. The maximum Gasteiger partial charge on any atom is 0.123 e. The maximum absolute atomic E-state index is 13.1. The highest BCUT2D eigenvalue weighted by Crippen LogP contribution is 2.42. The third-order valence-electron chi connectivity index (χ3n) is 3.37. The van der Waals surface area contributed by atoms with Crippen LogP contribution in [0.25, 0.3) is 0 Å². The second kappa shape index (κ2) is 4.11. The Morgan fingerprint density at radius 2 is 2.13 bits per heavy atom. The summed E-state index contributed by atoms with van der Waals surface area (Å²) in [7, 11) is 0. The molecule has 2 rings (SSSR count). The lowest BCUT2D eigenvalue weighted by Gasteiger charge is -2.19. The molecule has 15 heavy (non-hydrogen) atoms. The van der Waals surface area contributed by atoms with E-state index in [0.29, 0.717) is 5.02 Å². The number of halogens is 2. The predicted octanol–water partition coefficient (Wildman–Crippen LogP) is 3.35. The van der Waals surface area contributed by atoms with Crippen LogP contribution in [0.4, 0.5) is 4.39 Å². The Labute approximate surface area is 93.9 Å². The first-order chi connectivity index (χ1) is 7.09. The minimum atomic E-state index is -0.283. The second-order valence-electron chi connectivity index (χ2n) is 4.28. The molecule has 82 valence electrons. The van der Waals surface area contributed by atoms with Crippen LogP contribution in [0.15, 0.2) is 18.2 Å². The van der Waals surface area contributed by atoms with Gasteiger partial charge in [-0.1, -0.05) is 18.5 Å². The Morgan fingerprint density at radius 3 is 2.73 bits per heavy atom. The highest BCUT2D eigenvalue weighted by atomic mass is 35.5. The normalized spacial score (nSPS) is 30.8. The summed E-state index contributed by atoms with van der Waals surface area (Å²) in [6, 6.07) is 4.44. The van der Waals surface area contributed by atoms with Crippen molar-refractivity contribution in [2.75, 3.05) is 0 Å². The molecule has 0 radical (unpaired) electrons. The lowest BCUT2D eigenvalue weighted by Crippen LogP contribution is -2.14. The third kappa shape index (κ3) is 2.01. The number of hydrogen-bond acceptors (Lipinski definition) is 1. The monoisotopic (exact) mass is 228 g/mol. The first-order valence-corrected chi connectivity index (χ1v) is 5.60. The second-order valence-corrected chi connectivity index (χ2v) is 4.68. The van der Waals surface area contributed by atoms with Crippen LogP contribution in [0, 0.1) is 11.7 Å². The molecule has 3 unspecified atom stereocenters. The number of aliphatic hydroxyl groups is 1. The Balaban J connectivity index is 2.33.